The number of fused-ring (bicyclic) bond motifs is 7. The third kappa shape index (κ3) is 1.56. The van der Waals surface area contributed by atoms with E-state index in [9.17, 15) is 5.21 Å². The number of hydrogen-bond donors (Lipinski definition) is 0. The van der Waals surface area contributed by atoms with Crippen LogP contribution in [0.1, 0.15) is 44.9 Å². The minimum atomic E-state index is 0.615. The molecule has 4 rings (SSSR count). The van der Waals surface area contributed by atoms with E-state index in [2.05, 4.69) is 4.90 Å². The lowest BCUT2D eigenvalue weighted by atomic mass is 9.84. The van der Waals surface area contributed by atoms with Crippen LogP contribution in [0.2, 0.25) is 0 Å². The number of hydroxylamine groups is 1. The van der Waals surface area contributed by atoms with Crippen LogP contribution in [0.25, 0.3) is 0 Å². The zero-order chi connectivity index (χ0) is 12.1. The van der Waals surface area contributed by atoms with Crippen LogP contribution in [0.4, 0.5) is 0 Å². The Bertz CT molecular complexity index is 379. The first-order chi connectivity index (χ1) is 8.84. The molecule has 4 atom stereocenters. The van der Waals surface area contributed by atoms with Gasteiger partial charge in [0.1, 0.15) is 0 Å². The third-order valence-corrected chi connectivity index (χ3v) is 5.90. The van der Waals surface area contributed by atoms with Gasteiger partial charge in [-0.15, -0.1) is 0 Å². The maximum atomic E-state index is 12.4. The Morgan fingerprint density at radius 3 is 2.89 bits per heavy atom. The van der Waals surface area contributed by atoms with Crippen molar-refractivity contribution in [1.29, 1.82) is 0 Å². The van der Waals surface area contributed by atoms with Gasteiger partial charge in [-0.25, -0.2) is 4.74 Å². The Morgan fingerprint density at radius 2 is 1.94 bits per heavy atom. The SMILES string of the molecule is [O-][N+]1=C2C3CC(CN4CCCC[C@@H]34)[C@H]2CCCC1. The molecule has 0 spiro atoms. The van der Waals surface area contributed by atoms with Crippen LogP contribution < -0.4 is 0 Å². The first kappa shape index (κ1) is 11.3. The van der Waals surface area contributed by atoms with Crippen LogP contribution in [0, 0.1) is 23.0 Å². The lowest BCUT2D eigenvalue weighted by Crippen LogP contribution is -2.49. The summed E-state index contributed by atoms with van der Waals surface area (Å²) in [5.41, 5.74) is 1.33. The molecule has 0 aromatic heterocycles. The molecule has 0 amide bonds. The van der Waals surface area contributed by atoms with Crippen LogP contribution >= 0.6 is 0 Å². The summed E-state index contributed by atoms with van der Waals surface area (Å²) in [6.07, 6.45) is 9.06. The summed E-state index contributed by atoms with van der Waals surface area (Å²) in [5.74, 6) is 2.05. The Labute approximate surface area is 109 Å². The predicted molar refractivity (Wildman–Crippen MR) is 71.7 cm³/mol. The van der Waals surface area contributed by atoms with E-state index in [4.69, 9.17) is 0 Å². The molecule has 0 N–H and O–H groups in total. The maximum Gasteiger partial charge on any atom is 0.171 e. The van der Waals surface area contributed by atoms with Gasteiger partial charge in [-0.3, -0.25) is 4.90 Å². The number of hydrogen-bond acceptors (Lipinski definition) is 2. The fourth-order valence-electron chi connectivity index (χ4n) is 5.19. The van der Waals surface area contributed by atoms with Crippen LogP contribution in [0.5, 0.6) is 0 Å². The Morgan fingerprint density at radius 1 is 1.06 bits per heavy atom. The average Bonchev–Trinajstić information content (AvgIpc) is 2.55. The molecular formula is C15H24N2O. The second kappa shape index (κ2) is 4.22. The Kier molecular flexibility index (Phi) is 2.65. The molecule has 3 heteroatoms. The quantitative estimate of drug-likeness (QED) is 0.486. The molecule has 3 aliphatic heterocycles. The largest absolute Gasteiger partial charge is 0.624 e. The lowest BCUT2D eigenvalue weighted by molar-refractivity contribution is -0.461. The van der Waals surface area contributed by atoms with Gasteiger partial charge in [0, 0.05) is 24.9 Å². The second-order valence-corrected chi connectivity index (χ2v) is 6.79. The van der Waals surface area contributed by atoms with Crippen LogP contribution in [-0.2, 0) is 0 Å². The van der Waals surface area contributed by atoms with Crippen molar-refractivity contribution in [3.8, 4) is 0 Å². The minimum absolute atomic E-state index is 0.615. The third-order valence-electron chi connectivity index (χ3n) is 5.90. The van der Waals surface area contributed by atoms with E-state index in [1.807, 2.05) is 0 Å². The molecule has 1 aliphatic carbocycles. The molecule has 0 radical (unpaired) electrons. The van der Waals surface area contributed by atoms with E-state index >= 15 is 0 Å². The van der Waals surface area contributed by atoms with Crippen LogP contribution in [-0.4, -0.2) is 41.0 Å². The second-order valence-electron chi connectivity index (χ2n) is 6.79. The first-order valence-electron chi connectivity index (χ1n) is 7.90. The van der Waals surface area contributed by atoms with Crippen LogP contribution in [0.15, 0.2) is 0 Å². The highest BCUT2D eigenvalue weighted by molar-refractivity contribution is 5.88. The zero-order valence-corrected chi connectivity index (χ0v) is 11.2. The van der Waals surface area contributed by atoms with E-state index in [0.29, 0.717) is 17.9 Å². The van der Waals surface area contributed by atoms with E-state index in [1.54, 1.807) is 0 Å². The van der Waals surface area contributed by atoms with Gasteiger partial charge in [-0.2, -0.15) is 0 Å². The monoisotopic (exact) mass is 248 g/mol. The van der Waals surface area contributed by atoms with Gasteiger partial charge >= 0.3 is 0 Å². The lowest BCUT2D eigenvalue weighted by Gasteiger charge is -2.42. The number of nitrogens with zero attached hydrogens (tertiary/aromatic N) is 2. The number of rotatable bonds is 0. The van der Waals surface area contributed by atoms with Crippen molar-refractivity contribution < 1.29 is 4.74 Å². The summed E-state index contributed by atoms with van der Waals surface area (Å²) < 4.78 is 1.42. The van der Waals surface area contributed by atoms with Gasteiger partial charge in [0.05, 0.1) is 5.92 Å². The molecule has 100 valence electrons. The molecule has 2 bridgehead atoms. The van der Waals surface area contributed by atoms with Crippen molar-refractivity contribution in [1.82, 2.24) is 4.90 Å². The smallest absolute Gasteiger partial charge is 0.171 e. The van der Waals surface area contributed by atoms with Gasteiger partial charge in [0.15, 0.2) is 12.3 Å². The topological polar surface area (TPSA) is 29.3 Å². The molecule has 4 aliphatic rings. The van der Waals surface area contributed by atoms with Crippen molar-refractivity contribution in [2.24, 2.45) is 17.8 Å². The Hall–Kier alpha value is -0.570. The average molecular weight is 248 g/mol. The van der Waals surface area contributed by atoms with E-state index in [1.165, 1.54) is 62.1 Å². The first-order valence-corrected chi connectivity index (χ1v) is 7.90. The fourth-order valence-corrected chi connectivity index (χ4v) is 5.19. The number of piperidine rings is 2. The molecule has 3 heterocycles. The van der Waals surface area contributed by atoms with E-state index in [-0.39, 0.29) is 0 Å². The zero-order valence-electron chi connectivity index (χ0n) is 11.2. The molecular weight excluding hydrogens is 224 g/mol. The molecule has 1 saturated carbocycles. The van der Waals surface area contributed by atoms with Gasteiger partial charge < -0.3 is 5.21 Å². The van der Waals surface area contributed by atoms with Gasteiger partial charge in [-0.1, -0.05) is 6.42 Å². The standard InChI is InChI=1S/C15H24N2O/c18-17-8-4-1-5-12-11-9-13(15(12)17)14-6-2-3-7-16(14)10-11/h11-14H,1-10H2/t11?,12-,13?,14+/m1/s1. The molecule has 18 heavy (non-hydrogen) atoms. The van der Waals surface area contributed by atoms with E-state index < -0.39 is 0 Å². The van der Waals surface area contributed by atoms with Crippen LogP contribution in [0.3, 0.4) is 0 Å². The van der Waals surface area contributed by atoms with Crippen molar-refractivity contribution in [2.75, 3.05) is 19.6 Å². The normalized spacial score (nSPS) is 44.4. The molecule has 3 fully saturated rings. The van der Waals surface area contributed by atoms with Crippen molar-refractivity contribution in [3.63, 3.8) is 0 Å². The molecule has 2 saturated heterocycles. The molecule has 2 unspecified atom stereocenters. The fraction of sp³-hybridized carbons (Fsp3) is 0.933. The maximum absolute atomic E-state index is 12.4. The predicted octanol–water partition coefficient (Wildman–Crippen LogP) is 2.24. The summed E-state index contributed by atoms with van der Waals surface area (Å²) in [6.45, 7) is 3.33. The highest BCUT2D eigenvalue weighted by Gasteiger charge is 2.53. The highest BCUT2D eigenvalue weighted by Crippen LogP contribution is 2.47. The minimum Gasteiger partial charge on any atom is -0.624 e. The summed E-state index contributed by atoms with van der Waals surface area (Å²) in [4.78, 5) is 2.72. The van der Waals surface area contributed by atoms with Gasteiger partial charge in [-0.05, 0) is 44.6 Å². The summed E-state index contributed by atoms with van der Waals surface area (Å²) in [6, 6.07) is 0.713. The van der Waals surface area contributed by atoms with Crippen molar-refractivity contribution >= 4 is 5.71 Å². The summed E-state index contributed by atoms with van der Waals surface area (Å²) in [7, 11) is 0. The highest BCUT2D eigenvalue weighted by atomic mass is 16.5. The molecule has 0 aromatic carbocycles. The van der Waals surface area contributed by atoms with Gasteiger partial charge in [0.25, 0.3) is 0 Å². The molecule has 0 aromatic rings. The Balaban J connectivity index is 1.72. The van der Waals surface area contributed by atoms with E-state index in [0.717, 1.165) is 18.9 Å². The van der Waals surface area contributed by atoms with Crippen molar-refractivity contribution in [2.45, 2.75) is 51.0 Å². The molecule has 3 nitrogen and oxygen atoms in total. The van der Waals surface area contributed by atoms with Gasteiger partial charge in [0.2, 0.25) is 0 Å². The summed E-state index contributed by atoms with van der Waals surface area (Å²) >= 11 is 0. The van der Waals surface area contributed by atoms with Crippen molar-refractivity contribution in [3.05, 3.63) is 5.21 Å². The summed E-state index contributed by atoms with van der Waals surface area (Å²) in [5, 5.41) is 12.4.